The first-order valence-corrected chi connectivity index (χ1v) is 5.20. The molecule has 0 spiro atoms. The third kappa shape index (κ3) is 2.12. The first-order valence-electron chi connectivity index (χ1n) is 4.15. The largest absolute Gasteiger partial charge is 0.354 e. The fourth-order valence-electron chi connectivity index (χ4n) is 1.17. The summed E-state index contributed by atoms with van der Waals surface area (Å²) < 4.78 is 0. The van der Waals surface area contributed by atoms with Crippen molar-refractivity contribution in [2.45, 2.75) is 25.5 Å². The zero-order valence-corrected chi connectivity index (χ0v) is 7.91. The molecule has 11 heavy (non-hydrogen) atoms. The third-order valence-corrected chi connectivity index (χ3v) is 3.60. The molecule has 0 bridgehead atoms. The standard InChI is InChI=1S/C8H15NOS/c1-3-6(2)7-8(10)9-4-5-11-7/h6-7H,3-5H2,1-2H3,(H,9,10)/t6-,7?/m0/s1. The van der Waals surface area contributed by atoms with Crippen LogP contribution in [0.2, 0.25) is 0 Å². The minimum Gasteiger partial charge on any atom is -0.354 e. The van der Waals surface area contributed by atoms with Crippen LogP contribution in [0, 0.1) is 5.92 Å². The summed E-state index contributed by atoms with van der Waals surface area (Å²) in [7, 11) is 0. The quantitative estimate of drug-likeness (QED) is 0.681. The van der Waals surface area contributed by atoms with Gasteiger partial charge in [0, 0.05) is 12.3 Å². The number of nitrogens with one attached hydrogen (secondary N) is 1. The number of carbonyl (C=O) groups excluding carboxylic acids is 1. The van der Waals surface area contributed by atoms with Crippen LogP contribution in [0.25, 0.3) is 0 Å². The summed E-state index contributed by atoms with van der Waals surface area (Å²) in [5, 5.41) is 3.09. The molecule has 2 nitrogen and oxygen atoms in total. The van der Waals surface area contributed by atoms with Crippen LogP contribution < -0.4 is 5.32 Å². The van der Waals surface area contributed by atoms with Crippen molar-refractivity contribution < 1.29 is 4.79 Å². The Morgan fingerprint density at radius 3 is 3.09 bits per heavy atom. The van der Waals surface area contributed by atoms with E-state index in [-0.39, 0.29) is 11.2 Å². The molecule has 1 saturated heterocycles. The summed E-state index contributed by atoms with van der Waals surface area (Å²) in [6.07, 6.45) is 1.09. The van der Waals surface area contributed by atoms with E-state index >= 15 is 0 Å². The van der Waals surface area contributed by atoms with E-state index in [1.54, 1.807) is 11.8 Å². The SMILES string of the molecule is CC[C@H](C)C1SCCNC1=O. The Balaban J connectivity index is 2.47. The maximum Gasteiger partial charge on any atom is 0.233 e. The summed E-state index contributed by atoms with van der Waals surface area (Å²) in [4.78, 5) is 11.3. The van der Waals surface area contributed by atoms with Crippen molar-refractivity contribution in [2.75, 3.05) is 12.3 Å². The monoisotopic (exact) mass is 173 g/mol. The van der Waals surface area contributed by atoms with Gasteiger partial charge in [-0.05, 0) is 5.92 Å². The van der Waals surface area contributed by atoms with Gasteiger partial charge in [-0.15, -0.1) is 11.8 Å². The van der Waals surface area contributed by atoms with Crippen molar-refractivity contribution >= 4 is 17.7 Å². The van der Waals surface area contributed by atoms with Crippen molar-refractivity contribution in [2.24, 2.45) is 5.92 Å². The highest BCUT2D eigenvalue weighted by molar-refractivity contribution is 8.00. The Hall–Kier alpha value is -0.180. The van der Waals surface area contributed by atoms with Crippen LogP contribution in [0.3, 0.4) is 0 Å². The van der Waals surface area contributed by atoms with Gasteiger partial charge in [0.15, 0.2) is 0 Å². The van der Waals surface area contributed by atoms with E-state index in [1.807, 2.05) is 0 Å². The molecular formula is C8H15NOS. The fraction of sp³-hybridized carbons (Fsp3) is 0.875. The second-order valence-electron chi connectivity index (χ2n) is 2.97. The first-order chi connectivity index (χ1) is 5.25. The second-order valence-corrected chi connectivity index (χ2v) is 4.22. The number of rotatable bonds is 2. The highest BCUT2D eigenvalue weighted by Gasteiger charge is 2.26. The normalized spacial score (nSPS) is 27.8. The molecule has 3 heteroatoms. The maximum atomic E-state index is 11.3. The van der Waals surface area contributed by atoms with E-state index in [0.717, 1.165) is 18.7 Å². The summed E-state index contributed by atoms with van der Waals surface area (Å²) in [5.41, 5.74) is 0. The van der Waals surface area contributed by atoms with Crippen LogP contribution in [0.15, 0.2) is 0 Å². The molecule has 0 aromatic rings. The Morgan fingerprint density at radius 1 is 1.82 bits per heavy atom. The smallest absolute Gasteiger partial charge is 0.233 e. The molecule has 1 aliphatic heterocycles. The van der Waals surface area contributed by atoms with Crippen molar-refractivity contribution in [1.82, 2.24) is 5.32 Å². The molecule has 1 N–H and O–H groups in total. The van der Waals surface area contributed by atoms with E-state index in [2.05, 4.69) is 19.2 Å². The average Bonchev–Trinajstić information content (AvgIpc) is 2.04. The predicted molar refractivity (Wildman–Crippen MR) is 48.7 cm³/mol. The average molecular weight is 173 g/mol. The lowest BCUT2D eigenvalue weighted by Gasteiger charge is -2.25. The predicted octanol–water partition coefficient (Wildman–Crippen LogP) is 1.26. The molecule has 1 aliphatic rings. The molecule has 1 heterocycles. The second kappa shape index (κ2) is 4.00. The van der Waals surface area contributed by atoms with Gasteiger partial charge in [-0.2, -0.15) is 0 Å². The van der Waals surface area contributed by atoms with Crippen LogP contribution in [0.5, 0.6) is 0 Å². The van der Waals surface area contributed by atoms with Crippen molar-refractivity contribution in [1.29, 1.82) is 0 Å². The zero-order valence-electron chi connectivity index (χ0n) is 7.09. The van der Waals surface area contributed by atoms with Gasteiger partial charge in [0.2, 0.25) is 5.91 Å². The van der Waals surface area contributed by atoms with Gasteiger partial charge in [-0.1, -0.05) is 20.3 Å². The van der Waals surface area contributed by atoms with Crippen LogP contribution in [0.1, 0.15) is 20.3 Å². The number of amides is 1. The third-order valence-electron chi connectivity index (χ3n) is 2.12. The van der Waals surface area contributed by atoms with E-state index < -0.39 is 0 Å². The Kier molecular flexibility index (Phi) is 3.24. The summed E-state index contributed by atoms with van der Waals surface area (Å²) >= 11 is 1.79. The molecule has 1 amide bonds. The van der Waals surface area contributed by atoms with E-state index in [9.17, 15) is 4.79 Å². The number of thioether (sulfide) groups is 1. The summed E-state index contributed by atoms with van der Waals surface area (Å²) in [6, 6.07) is 0. The van der Waals surface area contributed by atoms with Gasteiger partial charge < -0.3 is 5.32 Å². The van der Waals surface area contributed by atoms with Crippen molar-refractivity contribution in [3.8, 4) is 0 Å². The molecule has 64 valence electrons. The molecule has 0 aromatic carbocycles. The summed E-state index contributed by atoms with van der Waals surface area (Å²) in [5.74, 6) is 1.82. The van der Waals surface area contributed by atoms with E-state index in [4.69, 9.17) is 0 Å². The molecule has 1 rings (SSSR count). The van der Waals surface area contributed by atoms with Gasteiger partial charge in [0.1, 0.15) is 0 Å². The van der Waals surface area contributed by atoms with Gasteiger partial charge >= 0.3 is 0 Å². The van der Waals surface area contributed by atoms with Gasteiger partial charge in [-0.25, -0.2) is 0 Å². The summed E-state index contributed by atoms with van der Waals surface area (Å²) in [6.45, 7) is 5.12. The molecule has 1 fully saturated rings. The number of carbonyl (C=O) groups is 1. The van der Waals surface area contributed by atoms with Crippen molar-refractivity contribution in [3.05, 3.63) is 0 Å². The highest BCUT2D eigenvalue weighted by atomic mass is 32.2. The minimum absolute atomic E-state index is 0.203. The lowest BCUT2D eigenvalue weighted by molar-refractivity contribution is -0.121. The highest BCUT2D eigenvalue weighted by Crippen LogP contribution is 2.24. The lowest BCUT2D eigenvalue weighted by atomic mass is 10.0. The van der Waals surface area contributed by atoms with Gasteiger partial charge in [-0.3, -0.25) is 4.79 Å². The molecule has 1 unspecified atom stereocenters. The maximum absolute atomic E-state index is 11.3. The fourth-order valence-corrected chi connectivity index (χ4v) is 2.40. The molecule has 0 aliphatic carbocycles. The molecule has 2 atom stereocenters. The minimum atomic E-state index is 0.203. The first kappa shape index (κ1) is 8.91. The van der Waals surface area contributed by atoms with Crippen molar-refractivity contribution in [3.63, 3.8) is 0 Å². The van der Waals surface area contributed by atoms with Crippen LogP contribution in [0.4, 0.5) is 0 Å². The number of hydrogen-bond donors (Lipinski definition) is 1. The number of hydrogen-bond acceptors (Lipinski definition) is 2. The Bertz CT molecular complexity index is 149. The van der Waals surface area contributed by atoms with Gasteiger partial charge in [0.05, 0.1) is 5.25 Å². The van der Waals surface area contributed by atoms with E-state index in [0.29, 0.717) is 5.92 Å². The topological polar surface area (TPSA) is 29.1 Å². The Labute approximate surface area is 72.1 Å². The molecular weight excluding hydrogens is 158 g/mol. The zero-order chi connectivity index (χ0) is 8.27. The Morgan fingerprint density at radius 2 is 2.55 bits per heavy atom. The van der Waals surface area contributed by atoms with E-state index in [1.165, 1.54) is 0 Å². The van der Waals surface area contributed by atoms with Crippen LogP contribution in [-0.4, -0.2) is 23.5 Å². The van der Waals surface area contributed by atoms with Crippen LogP contribution in [-0.2, 0) is 4.79 Å². The van der Waals surface area contributed by atoms with Gasteiger partial charge in [0.25, 0.3) is 0 Å². The van der Waals surface area contributed by atoms with Crippen LogP contribution >= 0.6 is 11.8 Å². The molecule has 0 radical (unpaired) electrons. The molecule has 0 aromatic heterocycles. The molecule has 0 saturated carbocycles. The lowest BCUT2D eigenvalue weighted by Crippen LogP contribution is -2.42.